The minimum absolute atomic E-state index is 0.298. The third-order valence-corrected chi connectivity index (χ3v) is 2.74. The molecule has 0 N–H and O–H groups in total. The Labute approximate surface area is 92.5 Å². The molecule has 0 fully saturated rings. The first-order valence-corrected chi connectivity index (χ1v) is 5.35. The van der Waals surface area contributed by atoms with Crippen LogP contribution in [0.1, 0.15) is 6.92 Å². The number of carbonyl (C=O) groups is 1. The first-order chi connectivity index (χ1) is 7.15. The van der Waals surface area contributed by atoms with E-state index in [0.717, 1.165) is 5.16 Å². The van der Waals surface area contributed by atoms with Crippen molar-refractivity contribution in [2.45, 2.75) is 12.1 Å². The number of methoxy groups -OCH3 is 1. The molecule has 0 aliphatic carbocycles. The second-order valence-corrected chi connectivity index (χ2v) is 3.84. The highest BCUT2D eigenvalue weighted by Gasteiger charge is 2.03. The summed E-state index contributed by atoms with van der Waals surface area (Å²) in [5, 5.41) is 4.76. The van der Waals surface area contributed by atoms with Crippen molar-refractivity contribution in [2.24, 2.45) is 7.05 Å². The molecule has 1 aromatic rings. The molecule has 0 saturated heterocycles. The van der Waals surface area contributed by atoms with Crippen LogP contribution in [0.3, 0.4) is 0 Å². The summed E-state index contributed by atoms with van der Waals surface area (Å²) in [6.07, 6.45) is 3.31. The lowest BCUT2D eigenvalue weighted by molar-refractivity contribution is -0.136. The highest BCUT2D eigenvalue weighted by Crippen LogP contribution is 2.13. The third kappa shape index (κ3) is 3.39. The number of esters is 1. The molecule has 15 heavy (non-hydrogen) atoms. The molecule has 0 aromatic carbocycles. The minimum Gasteiger partial charge on any atom is -0.466 e. The van der Waals surface area contributed by atoms with Gasteiger partial charge in [-0.25, -0.2) is 14.5 Å². The molecule has 0 unspecified atom stereocenters. The van der Waals surface area contributed by atoms with Gasteiger partial charge in [0.05, 0.1) is 7.11 Å². The maximum Gasteiger partial charge on any atom is 0.333 e. The number of carbonyl (C=O) groups excluding carboxylic acids is 1. The van der Waals surface area contributed by atoms with E-state index < -0.39 is 0 Å². The third-order valence-electron chi connectivity index (χ3n) is 1.78. The van der Waals surface area contributed by atoms with Crippen LogP contribution in [-0.2, 0) is 16.6 Å². The highest BCUT2D eigenvalue weighted by atomic mass is 32.2. The van der Waals surface area contributed by atoms with Gasteiger partial charge in [-0.3, -0.25) is 0 Å². The van der Waals surface area contributed by atoms with Gasteiger partial charge in [0, 0.05) is 18.4 Å². The summed E-state index contributed by atoms with van der Waals surface area (Å²) in [6.45, 7) is 1.73. The van der Waals surface area contributed by atoms with E-state index in [9.17, 15) is 4.79 Å². The Morgan fingerprint density at radius 2 is 2.47 bits per heavy atom. The largest absolute Gasteiger partial charge is 0.466 e. The van der Waals surface area contributed by atoms with Crippen LogP contribution in [0, 0.1) is 0 Å². The maximum absolute atomic E-state index is 11.0. The van der Waals surface area contributed by atoms with Crippen molar-refractivity contribution >= 4 is 17.7 Å². The van der Waals surface area contributed by atoms with Crippen molar-refractivity contribution in [2.75, 3.05) is 12.9 Å². The number of nitrogens with zero attached hydrogens (tertiary/aromatic N) is 3. The van der Waals surface area contributed by atoms with Crippen LogP contribution in [0.5, 0.6) is 0 Å². The fraction of sp³-hybridized carbons (Fsp3) is 0.444. The fourth-order valence-corrected chi connectivity index (χ4v) is 1.74. The number of aryl methyl sites for hydroxylation is 1. The van der Waals surface area contributed by atoms with Gasteiger partial charge >= 0.3 is 5.97 Å². The van der Waals surface area contributed by atoms with Crippen molar-refractivity contribution in [3.63, 3.8) is 0 Å². The first kappa shape index (κ1) is 11.8. The van der Waals surface area contributed by atoms with E-state index in [-0.39, 0.29) is 5.97 Å². The lowest BCUT2D eigenvalue weighted by atomic mass is 10.3. The van der Waals surface area contributed by atoms with E-state index in [1.165, 1.54) is 25.2 Å². The van der Waals surface area contributed by atoms with E-state index in [4.69, 9.17) is 0 Å². The van der Waals surface area contributed by atoms with Gasteiger partial charge in [0.25, 0.3) is 0 Å². The van der Waals surface area contributed by atoms with Gasteiger partial charge in [-0.1, -0.05) is 17.8 Å². The molecule has 0 amide bonds. The number of aromatic nitrogens is 3. The number of thioether (sulfide) groups is 1. The molecule has 0 spiro atoms. The summed E-state index contributed by atoms with van der Waals surface area (Å²) in [5.74, 6) is 0.376. The van der Waals surface area contributed by atoms with Crippen LogP contribution in [0.25, 0.3) is 0 Å². The number of rotatable bonds is 4. The second-order valence-electron chi connectivity index (χ2n) is 2.86. The molecule has 6 heteroatoms. The van der Waals surface area contributed by atoms with Crippen LogP contribution in [0.2, 0.25) is 0 Å². The van der Waals surface area contributed by atoms with Crippen LogP contribution < -0.4 is 0 Å². The predicted molar refractivity (Wildman–Crippen MR) is 57.5 cm³/mol. The van der Waals surface area contributed by atoms with Crippen molar-refractivity contribution in [3.05, 3.63) is 18.0 Å². The molecule has 1 heterocycles. The molecule has 1 rings (SSSR count). The zero-order valence-corrected chi connectivity index (χ0v) is 9.74. The average Bonchev–Trinajstić information content (AvgIpc) is 2.63. The van der Waals surface area contributed by atoms with Crippen molar-refractivity contribution in [3.8, 4) is 0 Å². The monoisotopic (exact) mass is 227 g/mol. The molecule has 0 radical (unpaired) electrons. The Morgan fingerprint density at radius 1 is 1.73 bits per heavy atom. The second kappa shape index (κ2) is 5.55. The molecule has 5 nitrogen and oxygen atoms in total. The highest BCUT2D eigenvalue weighted by molar-refractivity contribution is 7.99. The molecule has 1 aromatic heterocycles. The summed E-state index contributed by atoms with van der Waals surface area (Å²) in [4.78, 5) is 15.1. The maximum atomic E-state index is 11.0. The molecule has 82 valence electrons. The predicted octanol–water partition coefficient (Wildman–Crippen LogP) is 1.03. The van der Waals surface area contributed by atoms with Crippen LogP contribution >= 0.6 is 11.8 Å². The summed E-state index contributed by atoms with van der Waals surface area (Å²) in [5.41, 5.74) is 0.604. The van der Waals surface area contributed by atoms with E-state index in [0.29, 0.717) is 11.3 Å². The minimum atomic E-state index is -0.298. The molecule has 0 aliphatic heterocycles. The van der Waals surface area contributed by atoms with Crippen LogP contribution in [0.15, 0.2) is 23.1 Å². The van der Waals surface area contributed by atoms with Gasteiger partial charge in [0.15, 0.2) is 5.16 Å². The molecule has 0 atom stereocenters. The quantitative estimate of drug-likeness (QED) is 0.437. The fourth-order valence-electron chi connectivity index (χ4n) is 0.902. The SMILES string of the molecule is COC(=O)C(C)=CCSc1ncnn1C. The summed E-state index contributed by atoms with van der Waals surface area (Å²) in [6, 6.07) is 0. The molecular weight excluding hydrogens is 214 g/mol. The standard InChI is InChI=1S/C9H13N3O2S/c1-7(8(13)14-3)4-5-15-9-10-6-11-12(9)2/h4,6H,5H2,1-3H3. The number of hydrogen-bond donors (Lipinski definition) is 0. The van der Waals surface area contributed by atoms with Gasteiger partial charge in [0.2, 0.25) is 0 Å². The number of hydrogen-bond acceptors (Lipinski definition) is 5. The van der Waals surface area contributed by atoms with Crippen molar-refractivity contribution in [1.29, 1.82) is 0 Å². The van der Waals surface area contributed by atoms with E-state index >= 15 is 0 Å². The van der Waals surface area contributed by atoms with E-state index in [1.54, 1.807) is 11.6 Å². The summed E-state index contributed by atoms with van der Waals surface area (Å²) in [7, 11) is 3.20. The smallest absolute Gasteiger partial charge is 0.333 e. The lowest BCUT2D eigenvalue weighted by Crippen LogP contribution is -2.01. The van der Waals surface area contributed by atoms with Gasteiger partial charge in [0.1, 0.15) is 6.33 Å². The summed E-state index contributed by atoms with van der Waals surface area (Å²) < 4.78 is 6.26. The Kier molecular flexibility index (Phi) is 4.36. The zero-order valence-electron chi connectivity index (χ0n) is 8.93. The molecule has 0 aliphatic rings. The van der Waals surface area contributed by atoms with Gasteiger partial charge < -0.3 is 4.74 Å². The van der Waals surface area contributed by atoms with E-state index in [1.807, 2.05) is 13.1 Å². The van der Waals surface area contributed by atoms with Crippen molar-refractivity contribution in [1.82, 2.24) is 14.8 Å². The van der Waals surface area contributed by atoms with Crippen molar-refractivity contribution < 1.29 is 9.53 Å². The topological polar surface area (TPSA) is 57.0 Å². The summed E-state index contributed by atoms with van der Waals surface area (Å²) >= 11 is 1.52. The van der Waals surface area contributed by atoms with Crippen LogP contribution in [-0.4, -0.2) is 33.6 Å². The molecular formula is C9H13N3O2S. The van der Waals surface area contributed by atoms with Crippen LogP contribution in [0.4, 0.5) is 0 Å². The Bertz CT molecular complexity index is 373. The number of ether oxygens (including phenoxy) is 1. The van der Waals surface area contributed by atoms with Gasteiger partial charge in [-0.15, -0.1) is 0 Å². The average molecular weight is 227 g/mol. The normalized spacial score (nSPS) is 11.5. The Hall–Kier alpha value is -1.30. The Morgan fingerprint density at radius 3 is 3.00 bits per heavy atom. The molecule has 0 saturated carbocycles. The lowest BCUT2D eigenvalue weighted by Gasteiger charge is -1.99. The zero-order chi connectivity index (χ0) is 11.3. The first-order valence-electron chi connectivity index (χ1n) is 4.37. The molecule has 0 bridgehead atoms. The van der Waals surface area contributed by atoms with E-state index in [2.05, 4.69) is 14.8 Å². The van der Waals surface area contributed by atoms with Gasteiger partial charge in [-0.05, 0) is 6.92 Å². The van der Waals surface area contributed by atoms with Gasteiger partial charge in [-0.2, -0.15) is 5.10 Å². The Balaban J connectivity index is 2.45.